The molecule has 1 atom stereocenters. The summed E-state index contributed by atoms with van der Waals surface area (Å²) in [5.74, 6) is 0.775. The molecule has 37 heavy (non-hydrogen) atoms. The summed E-state index contributed by atoms with van der Waals surface area (Å²) >= 11 is 1.38. The zero-order valence-corrected chi connectivity index (χ0v) is 22.4. The van der Waals surface area contributed by atoms with Gasteiger partial charge < -0.3 is 9.15 Å². The molecular formula is C29H31N3O4S. The first-order valence-electron chi connectivity index (χ1n) is 12.8. The van der Waals surface area contributed by atoms with Crippen LogP contribution in [0.15, 0.2) is 51.7 Å². The number of unbranched alkanes of at least 4 members (excludes halogenated alkanes) is 2. The van der Waals surface area contributed by atoms with Crippen molar-refractivity contribution < 1.29 is 13.9 Å². The molecule has 0 radical (unpaired) electrons. The van der Waals surface area contributed by atoms with Crippen LogP contribution in [0.3, 0.4) is 0 Å². The number of carbonyl (C=O) groups is 1. The average Bonchev–Trinajstić information content (AvgIpc) is 3.44. The number of ether oxygens (including phenoxy) is 1. The fourth-order valence-electron chi connectivity index (χ4n) is 4.69. The largest absolute Gasteiger partial charge is 0.494 e. The zero-order chi connectivity index (χ0) is 26.1. The number of hydrogen-bond acceptors (Lipinski definition) is 7. The third-order valence-electron chi connectivity index (χ3n) is 6.46. The summed E-state index contributed by atoms with van der Waals surface area (Å²) in [6.45, 7) is 8.92. The Kier molecular flexibility index (Phi) is 7.11. The second-order valence-corrected chi connectivity index (χ2v) is 11.0. The number of fused-ring (bicyclic) bond motifs is 2. The Bertz CT molecular complexity index is 1510. The monoisotopic (exact) mass is 517 g/mol. The summed E-state index contributed by atoms with van der Waals surface area (Å²) in [5, 5.41) is 10.5. The van der Waals surface area contributed by atoms with Crippen LogP contribution in [0.1, 0.15) is 78.3 Å². The third kappa shape index (κ3) is 4.90. The molecule has 0 spiro atoms. The van der Waals surface area contributed by atoms with Crippen molar-refractivity contribution in [3.63, 3.8) is 0 Å². The van der Waals surface area contributed by atoms with Crippen molar-refractivity contribution in [2.24, 2.45) is 5.92 Å². The minimum absolute atomic E-state index is 0.0567. The quantitative estimate of drug-likeness (QED) is 0.237. The molecule has 5 rings (SSSR count). The maximum Gasteiger partial charge on any atom is 0.297 e. The zero-order valence-electron chi connectivity index (χ0n) is 21.6. The van der Waals surface area contributed by atoms with Gasteiger partial charge in [0.2, 0.25) is 10.9 Å². The first-order chi connectivity index (χ1) is 17.9. The molecule has 4 aromatic rings. The molecule has 0 saturated carbocycles. The first kappa shape index (κ1) is 25.1. The minimum Gasteiger partial charge on any atom is -0.494 e. The number of nitrogens with zero attached hydrogens (tertiary/aromatic N) is 3. The van der Waals surface area contributed by atoms with E-state index in [1.54, 1.807) is 11.0 Å². The Morgan fingerprint density at radius 3 is 2.73 bits per heavy atom. The summed E-state index contributed by atoms with van der Waals surface area (Å²) in [5.41, 5.74) is 2.23. The van der Waals surface area contributed by atoms with Gasteiger partial charge in [-0.1, -0.05) is 68.7 Å². The Hall–Kier alpha value is -3.52. The number of anilines is 1. The Balaban J connectivity index is 1.64. The second-order valence-electron chi connectivity index (χ2n) is 9.96. The van der Waals surface area contributed by atoms with Gasteiger partial charge in [-0.2, -0.15) is 0 Å². The lowest BCUT2D eigenvalue weighted by atomic mass is 9.98. The number of carbonyl (C=O) groups excluding carboxylic acids is 1. The molecule has 0 saturated heterocycles. The molecule has 3 heterocycles. The number of amides is 1. The lowest BCUT2D eigenvalue weighted by Gasteiger charge is -2.22. The minimum atomic E-state index is -0.692. The number of aryl methyl sites for hydroxylation is 1. The number of aromatic nitrogens is 2. The molecule has 7 nitrogen and oxygen atoms in total. The van der Waals surface area contributed by atoms with Crippen molar-refractivity contribution >= 4 is 33.3 Å². The van der Waals surface area contributed by atoms with Crippen LogP contribution in [-0.2, 0) is 6.42 Å². The Labute approximate surface area is 220 Å². The van der Waals surface area contributed by atoms with Gasteiger partial charge in [-0.15, -0.1) is 10.2 Å². The van der Waals surface area contributed by atoms with Crippen LogP contribution in [0, 0.1) is 12.8 Å². The van der Waals surface area contributed by atoms with Gasteiger partial charge in [0, 0.05) is 6.42 Å². The molecule has 2 aromatic carbocycles. The van der Waals surface area contributed by atoms with Crippen molar-refractivity contribution in [2.75, 3.05) is 11.5 Å². The molecule has 0 N–H and O–H groups in total. The van der Waals surface area contributed by atoms with Crippen molar-refractivity contribution in [3.05, 3.63) is 80.1 Å². The topological polar surface area (TPSA) is 85.5 Å². The van der Waals surface area contributed by atoms with E-state index in [1.165, 1.54) is 11.3 Å². The Morgan fingerprint density at radius 2 is 1.95 bits per heavy atom. The van der Waals surface area contributed by atoms with E-state index in [0.29, 0.717) is 39.9 Å². The van der Waals surface area contributed by atoms with Crippen LogP contribution in [0.4, 0.5) is 5.13 Å². The molecule has 8 heteroatoms. The van der Waals surface area contributed by atoms with Gasteiger partial charge in [0.25, 0.3) is 5.91 Å². The van der Waals surface area contributed by atoms with Gasteiger partial charge in [-0.25, -0.2) is 0 Å². The predicted molar refractivity (Wildman–Crippen MR) is 146 cm³/mol. The molecule has 1 unspecified atom stereocenters. The van der Waals surface area contributed by atoms with Gasteiger partial charge in [-0.05, 0) is 49.1 Å². The SMILES string of the molecule is CCCCCOc1cccc(C2c3c(oc4ccc(C)cc4c3=O)C(=O)N2c2nnc(CC(C)C)s2)c1. The van der Waals surface area contributed by atoms with Crippen LogP contribution in [-0.4, -0.2) is 22.7 Å². The van der Waals surface area contributed by atoms with Crippen LogP contribution in [0.25, 0.3) is 11.0 Å². The fraction of sp³-hybridized carbons (Fsp3) is 0.379. The molecule has 1 aliphatic rings. The van der Waals surface area contributed by atoms with Crippen LogP contribution < -0.4 is 15.1 Å². The van der Waals surface area contributed by atoms with E-state index in [0.717, 1.165) is 41.8 Å². The van der Waals surface area contributed by atoms with Gasteiger partial charge in [0.15, 0.2) is 5.43 Å². The maximum absolute atomic E-state index is 13.9. The van der Waals surface area contributed by atoms with E-state index < -0.39 is 6.04 Å². The third-order valence-corrected chi connectivity index (χ3v) is 7.41. The molecule has 1 amide bonds. The number of benzene rings is 2. The van der Waals surface area contributed by atoms with Crippen LogP contribution >= 0.6 is 11.3 Å². The molecule has 0 aliphatic carbocycles. The molecular weight excluding hydrogens is 486 g/mol. The van der Waals surface area contributed by atoms with Gasteiger partial charge in [-0.3, -0.25) is 14.5 Å². The second kappa shape index (κ2) is 10.5. The lowest BCUT2D eigenvalue weighted by Crippen LogP contribution is -2.29. The smallest absolute Gasteiger partial charge is 0.297 e. The van der Waals surface area contributed by atoms with Gasteiger partial charge >= 0.3 is 0 Å². The summed E-state index contributed by atoms with van der Waals surface area (Å²) in [6.07, 6.45) is 3.94. The van der Waals surface area contributed by atoms with E-state index in [1.807, 2.05) is 43.3 Å². The fourth-order valence-corrected chi connectivity index (χ4v) is 5.77. The van der Waals surface area contributed by atoms with E-state index in [2.05, 4.69) is 31.0 Å². The molecule has 0 fully saturated rings. The van der Waals surface area contributed by atoms with Crippen LogP contribution in [0.2, 0.25) is 0 Å². The highest BCUT2D eigenvalue weighted by molar-refractivity contribution is 7.15. The average molecular weight is 518 g/mol. The van der Waals surface area contributed by atoms with E-state index in [-0.39, 0.29) is 17.1 Å². The Morgan fingerprint density at radius 1 is 1.11 bits per heavy atom. The normalized spacial score (nSPS) is 15.1. The predicted octanol–water partition coefficient (Wildman–Crippen LogP) is 6.47. The highest BCUT2D eigenvalue weighted by Gasteiger charge is 2.45. The lowest BCUT2D eigenvalue weighted by molar-refractivity contribution is 0.0970. The van der Waals surface area contributed by atoms with Crippen molar-refractivity contribution in [2.45, 2.75) is 59.4 Å². The number of rotatable bonds is 9. The summed E-state index contributed by atoms with van der Waals surface area (Å²) in [4.78, 5) is 29.2. The van der Waals surface area contributed by atoms with E-state index in [9.17, 15) is 9.59 Å². The molecule has 192 valence electrons. The van der Waals surface area contributed by atoms with Crippen molar-refractivity contribution in [3.8, 4) is 5.75 Å². The summed E-state index contributed by atoms with van der Waals surface area (Å²) in [7, 11) is 0. The highest BCUT2D eigenvalue weighted by atomic mass is 32.1. The van der Waals surface area contributed by atoms with Gasteiger partial charge in [0.05, 0.1) is 23.6 Å². The maximum atomic E-state index is 13.9. The molecule has 0 bridgehead atoms. The summed E-state index contributed by atoms with van der Waals surface area (Å²) in [6, 6.07) is 12.3. The highest BCUT2D eigenvalue weighted by Crippen LogP contribution is 2.43. The standard InChI is InChI=1S/C29H31N3O4S/c1-5-6-7-13-35-20-10-8-9-19(16-20)25-24-26(33)21-15-18(4)11-12-22(21)36-27(24)28(34)32(25)29-31-30-23(37-29)14-17(2)3/h8-12,15-17,25H,5-7,13-14H2,1-4H3. The summed E-state index contributed by atoms with van der Waals surface area (Å²) < 4.78 is 12.1. The van der Waals surface area contributed by atoms with Gasteiger partial charge in [0.1, 0.15) is 16.3 Å². The van der Waals surface area contributed by atoms with Crippen molar-refractivity contribution in [1.29, 1.82) is 0 Å². The van der Waals surface area contributed by atoms with Crippen LogP contribution in [0.5, 0.6) is 5.75 Å². The van der Waals surface area contributed by atoms with Crippen molar-refractivity contribution in [1.82, 2.24) is 10.2 Å². The molecule has 1 aliphatic heterocycles. The molecule has 2 aromatic heterocycles. The van der Waals surface area contributed by atoms with E-state index in [4.69, 9.17) is 9.15 Å². The first-order valence-corrected chi connectivity index (χ1v) is 13.6. The van der Waals surface area contributed by atoms with E-state index >= 15 is 0 Å². The number of hydrogen-bond donors (Lipinski definition) is 0.